The van der Waals surface area contributed by atoms with Crippen molar-refractivity contribution >= 4 is 23.1 Å². The number of carbonyl (C=O) groups excluding carboxylic acids is 1. The highest BCUT2D eigenvalue weighted by molar-refractivity contribution is 6.04. The first-order valence-corrected chi connectivity index (χ1v) is 8.95. The molecule has 0 bridgehead atoms. The van der Waals surface area contributed by atoms with Crippen LogP contribution in [0, 0.1) is 6.92 Å². The van der Waals surface area contributed by atoms with Crippen molar-refractivity contribution in [2.75, 3.05) is 32.0 Å². The minimum Gasteiger partial charge on any atom is -0.493 e. The lowest BCUT2D eigenvalue weighted by Crippen LogP contribution is -2.12. The van der Waals surface area contributed by atoms with Gasteiger partial charge in [0.1, 0.15) is 5.82 Å². The monoisotopic (exact) mass is 393 g/mol. The fourth-order valence-corrected chi connectivity index (χ4v) is 2.83. The van der Waals surface area contributed by atoms with E-state index in [-0.39, 0.29) is 5.91 Å². The van der Waals surface area contributed by atoms with Gasteiger partial charge in [0.15, 0.2) is 11.5 Å². The number of nitrogens with zero attached hydrogens (tertiary/aromatic N) is 1. The Morgan fingerprint density at radius 2 is 1.62 bits per heavy atom. The number of hydrogen-bond donors (Lipinski definition) is 2. The predicted octanol–water partition coefficient (Wildman–Crippen LogP) is 4.41. The Bertz CT molecular complexity index is 978. The Kier molecular flexibility index (Phi) is 6.19. The number of hydrogen-bond acceptors (Lipinski definition) is 6. The number of methoxy groups -OCH3 is 3. The number of pyridine rings is 1. The third kappa shape index (κ3) is 4.76. The largest absolute Gasteiger partial charge is 0.493 e. The van der Waals surface area contributed by atoms with Crippen LogP contribution in [0.15, 0.2) is 54.7 Å². The summed E-state index contributed by atoms with van der Waals surface area (Å²) in [5.74, 6) is 1.73. The van der Waals surface area contributed by atoms with Gasteiger partial charge in [-0.15, -0.1) is 0 Å². The standard InChI is InChI=1S/C22H23N3O4/c1-14-6-5-7-16(10-14)24-20-9-8-15(13-23-20)22(26)25-17-11-18(27-2)21(29-4)19(12-17)28-3/h5-13H,1-4H3,(H,23,24)(H,25,26). The molecule has 1 heterocycles. The average molecular weight is 393 g/mol. The van der Waals surface area contributed by atoms with Crippen molar-refractivity contribution in [3.63, 3.8) is 0 Å². The number of carbonyl (C=O) groups is 1. The van der Waals surface area contributed by atoms with Crippen molar-refractivity contribution in [2.45, 2.75) is 6.92 Å². The van der Waals surface area contributed by atoms with Crippen molar-refractivity contribution in [2.24, 2.45) is 0 Å². The summed E-state index contributed by atoms with van der Waals surface area (Å²) in [6.07, 6.45) is 1.52. The SMILES string of the molecule is COc1cc(NC(=O)c2ccc(Nc3cccc(C)c3)nc2)cc(OC)c1OC. The normalized spacial score (nSPS) is 10.2. The van der Waals surface area contributed by atoms with Crippen molar-refractivity contribution < 1.29 is 19.0 Å². The summed E-state index contributed by atoms with van der Waals surface area (Å²) >= 11 is 0. The van der Waals surface area contributed by atoms with Gasteiger partial charge in [-0.1, -0.05) is 12.1 Å². The van der Waals surface area contributed by atoms with Crippen LogP contribution in [0.3, 0.4) is 0 Å². The highest BCUT2D eigenvalue weighted by atomic mass is 16.5. The van der Waals surface area contributed by atoms with Gasteiger partial charge in [-0.05, 0) is 36.8 Å². The molecular weight excluding hydrogens is 370 g/mol. The van der Waals surface area contributed by atoms with E-state index in [2.05, 4.69) is 15.6 Å². The van der Waals surface area contributed by atoms with E-state index in [4.69, 9.17) is 14.2 Å². The Morgan fingerprint density at radius 1 is 0.897 bits per heavy atom. The predicted molar refractivity (Wildman–Crippen MR) is 113 cm³/mol. The number of aryl methyl sites for hydroxylation is 1. The number of amides is 1. The number of nitrogens with one attached hydrogen (secondary N) is 2. The minimum atomic E-state index is -0.297. The molecule has 7 nitrogen and oxygen atoms in total. The second-order valence-corrected chi connectivity index (χ2v) is 6.29. The molecule has 1 amide bonds. The topological polar surface area (TPSA) is 81.7 Å². The quantitative estimate of drug-likeness (QED) is 0.619. The van der Waals surface area contributed by atoms with Gasteiger partial charge >= 0.3 is 0 Å². The van der Waals surface area contributed by atoms with Gasteiger partial charge in [-0.3, -0.25) is 4.79 Å². The summed E-state index contributed by atoms with van der Waals surface area (Å²) in [4.78, 5) is 16.9. The number of rotatable bonds is 7. The molecule has 0 atom stereocenters. The molecule has 0 saturated carbocycles. The molecule has 0 aliphatic carbocycles. The molecule has 0 spiro atoms. The van der Waals surface area contributed by atoms with E-state index in [9.17, 15) is 4.79 Å². The lowest BCUT2D eigenvalue weighted by atomic mass is 10.2. The molecule has 0 radical (unpaired) electrons. The van der Waals surface area contributed by atoms with Crippen LogP contribution in [0.5, 0.6) is 17.2 Å². The van der Waals surface area contributed by atoms with E-state index in [1.165, 1.54) is 27.5 Å². The summed E-state index contributed by atoms with van der Waals surface area (Å²) in [5, 5.41) is 6.03. The van der Waals surface area contributed by atoms with Gasteiger partial charge in [0, 0.05) is 29.7 Å². The van der Waals surface area contributed by atoms with E-state index in [1.54, 1.807) is 24.3 Å². The number of aromatic nitrogens is 1. The molecule has 3 aromatic rings. The smallest absolute Gasteiger partial charge is 0.257 e. The molecule has 29 heavy (non-hydrogen) atoms. The van der Waals surface area contributed by atoms with Crippen LogP contribution in [-0.4, -0.2) is 32.2 Å². The molecule has 2 aromatic carbocycles. The van der Waals surface area contributed by atoms with E-state index >= 15 is 0 Å². The first kappa shape index (κ1) is 20.0. The number of anilines is 3. The Morgan fingerprint density at radius 3 is 2.17 bits per heavy atom. The number of ether oxygens (including phenoxy) is 3. The van der Waals surface area contributed by atoms with Crippen LogP contribution in [-0.2, 0) is 0 Å². The van der Waals surface area contributed by atoms with Crippen LogP contribution < -0.4 is 24.8 Å². The summed E-state index contributed by atoms with van der Waals surface area (Å²) in [6, 6.07) is 14.8. The van der Waals surface area contributed by atoms with Crippen LogP contribution in [0.4, 0.5) is 17.2 Å². The maximum absolute atomic E-state index is 12.6. The van der Waals surface area contributed by atoms with Gasteiger partial charge in [-0.25, -0.2) is 4.98 Å². The molecule has 1 aromatic heterocycles. The maximum Gasteiger partial charge on any atom is 0.257 e. The third-order valence-corrected chi connectivity index (χ3v) is 4.24. The lowest BCUT2D eigenvalue weighted by Gasteiger charge is -2.14. The van der Waals surface area contributed by atoms with Crippen LogP contribution >= 0.6 is 0 Å². The van der Waals surface area contributed by atoms with Gasteiger partial charge in [0.05, 0.1) is 26.9 Å². The van der Waals surface area contributed by atoms with Crippen LogP contribution in [0.1, 0.15) is 15.9 Å². The molecule has 0 unspecified atom stereocenters. The first-order chi connectivity index (χ1) is 14.0. The van der Waals surface area contributed by atoms with E-state index < -0.39 is 0 Å². The second kappa shape index (κ2) is 8.97. The molecule has 3 rings (SSSR count). The Balaban J connectivity index is 1.74. The molecular formula is C22H23N3O4. The van der Waals surface area contributed by atoms with E-state index in [0.717, 1.165) is 11.3 Å². The van der Waals surface area contributed by atoms with Gasteiger partial charge < -0.3 is 24.8 Å². The second-order valence-electron chi connectivity index (χ2n) is 6.29. The highest BCUT2D eigenvalue weighted by Crippen LogP contribution is 2.40. The minimum absolute atomic E-state index is 0.297. The molecule has 0 saturated heterocycles. The zero-order valence-electron chi connectivity index (χ0n) is 16.8. The molecule has 7 heteroatoms. The Labute approximate surface area is 169 Å². The number of benzene rings is 2. The molecule has 0 fully saturated rings. The molecule has 2 N–H and O–H groups in total. The molecule has 0 aliphatic heterocycles. The lowest BCUT2D eigenvalue weighted by molar-refractivity contribution is 0.102. The van der Waals surface area contributed by atoms with Gasteiger partial charge in [-0.2, -0.15) is 0 Å². The zero-order chi connectivity index (χ0) is 20.8. The summed E-state index contributed by atoms with van der Waals surface area (Å²) in [7, 11) is 4.57. The van der Waals surface area contributed by atoms with Crippen molar-refractivity contribution in [3.8, 4) is 17.2 Å². The van der Waals surface area contributed by atoms with Crippen molar-refractivity contribution in [1.82, 2.24) is 4.98 Å². The molecule has 0 aliphatic rings. The highest BCUT2D eigenvalue weighted by Gasteiger charge is 2.15. The maximum atomic E-state index is 12.6. The average Bonchev–Trinajstić information content (AvgIpc) is 2.73. The van der Waals surface area contributed by atoms with Gasteiger partial charge in [0.25, 0.3) is 5.91 Å². The Hall–Kier alpha value is -3.74. The van der Waals surface area contributed by atoms with Gasteiger partial charge in [0.2, 0.25) is 5.75 Å². The summed E-state index contributed by atoms with van der Waals surface area (Å²) < 4.78 is 15.9. The van der Waals surface area contributed by atoms with Crippen molar-refractivity contribution in [3.05, 3.63) is 65.9 Å². The van der Waals surface area contributed by atoms with Crippen LogP contribution in [0.25, 0.3) is 0 Å². The van der Waals surface area contributed by atoms with E-state index in [0.29, 0.717) is 34.3 Å². The first-order valence-electron chi connectivity index (χ1n) is 8.95. The zero-order valence-corrected chi connectivity index (χ0v) is 16.8. The fourth-order valence-electron chi connectivity index (χ4n) is 2.83. The third-order valence-electron chi connectivity index (χ3n) is 4.24. The summed E-state index contributed by atoms with van der Waals surface area (Å²) in [5.41, 5.74) is 3.03. The fraction of sp³-hybridized carbons (Fsp3) is 0.182. The summed E-state index contributed by atoms with van der Waals surface area (Å²) in [6.45, 7) is 2.02. The molecule has 150 valence electrons. The van der Waals surface area contributed by atoms with E-state index in [1.807, 2.05) is 31.2 Å². The van der Waals surface area contributed by atoms with Crippen molar-refractivity contribution in [1.29, 1.82) is 0 Å². The van der Waals surface area contributed by atoms with Crippen LogP contribution in [0.2, 0.25) is 0 Å².